The lowest BCUT2D eigenvalue weighted by atomic mass is 9.67. The highest BCUT2D eigenvalue weighted by molar-refractivity contribution is 6.17. The van der Waals surface area contributed by atoms with Crippen LogP contribution in [0.1, 0.15) is 33.1 Å². The van der Waals surface area contributed by atoms with Crippen molar-refractivity contribution in [2.75, 3.05) is 25.6 Å². The van der Waals surface area contributed by atoms with E-state index < -0.39 is 5.54 Å². The van der Waals surface area contributed by atoms with Crippen molar-refractivity contribution < 1.29 is 14.3 Å². The summed E-state index contributed by atoms with van der Waals surface area (Å²) in [5.74, 6) is 0.683. The first-order valence-corrected chi connectivity index (χ1v) is 7.85. The molecule has 1 N–H and O–H groups in total. The number of carbonyl (C=O) groups is 2. The van der Waals surface area contributed by atoms with Gasteiger partial charge in [-0.15, -0.1) is 11.6 Å². The Kier molecular flexibility index (Phi) is 4.91. The highest BCUT2D eigenvalue weighted by atomic mass is 35.5. The van der Waals surface area contributed by atoms with E-state index in [2.05, 4.69) is 19.2 Å². The van der Waals surface area contributed by atoms with E-state index in [0.29, 0.717) is 25.6 Å². The fourth-order valence-corrected chi connectivity index (χ4v) is 3.58. The van der Waals surface area contributed by atoms with Crippen LogP contribution in [0.3, 0.4) is 0 Å². The van der Waals surface area contributed by atoms with Crippen LogP contribution in [-0.4, -0.2) is 48.0 Å². The van der Waals surface area contributed by atoms with E-state index in [0.717, 1.165) is 19.3 Å². The predicted octanol–water partition coefficient (Wildman–Crippen LogP) is 1.99. The van der Waals surface area contributed by atoms with Gasteiger partial charge in [0.2, 0.25) is 0 Å². The van der Waals surface area contributed by atoms with Crippen molar-refractivity contribution in [3.05, 3.63) is 0 Å². The largest absolute Gasteiger partial charge is 0.378 e. The number of alkyl halides is 1. The Hall–Kier alpha value is -0.810. The molecular formula is C14H23ClN2O3. The van der Waals surface area contributed by atoms with Gasteiger partial charge in [0.1, 0.15) is 5.54 Å². The van der Waals surface area contributed by atoms with Crippen LogP contribution in [0.15, 0.2) is 0 Å². The molecule has 6 heteroatoms. The van der Waals surface area contributed by atoms with E-state index in [4.69, 9.17) is 16.3 Å². The third-order valence-electron chi connectivity index (χ3n) is 4.67. The molecule has 2 rings (SSSR count). The van der Waals surface area contributed by atoms with Crippen LogP contribution < -0.4 is 5.32 Å². The quantitative estimate of drug-likeness (QED) is 0.480. The predicted molar refractivity (Wildman–Crippen MR) is 76.7 cm³/mol. The fraction of sp³-hybridized carbons (Fsp3) is 0.857. The Labute approximate surface area is 125 Å². The van der Waals surface area contributed by atoms with Crippen molar-refractivity contribution >= 4 is 23.5 Å². The number of imide groups is 1. The van der Waals surface area contributed by atoms with Gasteiger partial charge in [-0.05, 0) is 24.7 Å². The Balaban J connectivity index is 2.07. The average Bonchev–Trinajstić information content (AvgIpc) is 2.66. The number of halogens is 1. The molecule has 2 aliphatic rings. The van der Waals surface area contributed by atoms with Crippen LogP contribution in [0, 0.1) is 11.8 Å². The molecule has 1 saturated carbocycles. The second-order valence-electron chi connectivity index (χ2n) is 5.79. The molecule has 1 spiro atoms. The Morgan fingerprint density at radius 1 is 1.30 bits per heavy atom. The molecule has 0 aromatic heterocycles. The lowest BCUT2D eigenvalue weighted by Gasteiger charge is -2.42. The second-order valence-corrected chi connectivity index (χ2v) is 6.17. The molecule has 2 fully saturated rings. The minimum absolute atomic E-state index is 0.0864. The summed E-state index contributed by atoms with van der Waals surface area (Å²) in [4.78, 5) is 26.2. The lowest BCUT2D eigenvalue weighted by molar-refractivity contribution is -0.137. The van der Waals surface area contributed by atoms with Gasteiger partial charge in [-0.2, -0.15) is 0 Å². The van der Waals surface area contributed by atoms with E-state index in [1.54, 1.807) is 0 Å². The number of nitrogens with zero attached hydrogens (tertiary/aromatic N) is 1. The summed E-state index contributed by atoms with van der Waals surface area (Å²) in [5, 5.41) is 2.97. The van der Waals surface area contributed by atoms with E-state index in [1.165, 1.54) is 4.90 Å². The van der Waals surface area contributed by atoms with Crippen molar-refractivity contribution in [3.8, 4) is 0 Å². The topological polar surface area (TPSA) is 58.6 Å². The molecule has 2 atom stereocenters. The zero-order valence-electron chi connectivity index (χ0n) is 12.2. The molecule has 0 radical (unpaired) electrons. The zero-order valence-corrected chi connectivity index (χ0v) is 12.9. The van der Waals surface area contributed by atoms with Crippen molar-refractivity contribution in [2.45, 2.75) is 38.6 Å². The van der Waals surface area contributed by atoms with E-state index in [9.17, 15) is 9.59 Å². The van der Waals surface area contributed by atoms with Gasteiger partial charge in [-0.25, -0.2) is 4.79 Å². The smallest absolute Gasteiger partial charge is 0.325 e. The summed E-state index contributed by atoms with van der Waals surface area (Å²) in [6.45, 7) is 5.18. The lowest BCUT2D eigenvalue weighted by Crippen LogP contribution is -2.58. The minimum atomic E-state index is -0.707. The fourth-order valence-electron chi connectivity index (χ4n) is 3.47. The van der Waals surface area contributed by atoms with Gasteiger partial charge in [0.25, 0.3) is 5.91 Å². The Morgan fingerprint density at radius 2 is 1.95 bits per heavy atom. The van der Waals surface area contributed by atoms with E-state index in [1.807, 2.05) is 0 Å². The third-order valence-corrected chi connectivity index (χ3v) is 4.82. The van der Waals surface area contributed by atoms with Crippen molar-refractivity contribution in [3.63, 3.8) is 0 Å². The summed E-state index contributed by atoms with van der Waals surface area (Å²) in [6.07, 6.45) is 3.08. The van der Waals surface area contributed by atoms with Gasteiger partial charge in [-0.1, -0.05) is 20.3 Å². The molecule has 0 bridgehead atoms. The number of nitrogens with one attached hydrogen (secondary N) is 1. The number of carbonyl (C=O) groups excluding carboxylic acids is 2. The molecule has 0 aromatic carbocycles. The summed E-state index contributed by atoms with van der Waals surface area (Å²) >= 11 is 5.52. The van der Waals surface area contributed by atoms with Crippen LogP contribution in [0.4, 0.5) is 4.79 Å². The molecule has 20 heavy (non-hydrogen) atoms. The zero-order chi connectivity index (χ0) is 14.8. The number of hydrogen-bond donors (Lipinski definition) is 1. The van der Waals surface area contributed by atoms with Gasteiger partial charge in [0.05, 0.1) is 19.8 Å². The van der Waals surface area contributed by atoms with Gasteiger partial charge < -0.3 is 10.1 Å². The molecule has 1 aliphatic heterocycles. The molecule has 1 saturated heterocycles. The first-order valence-electron chi connectivity index (χ1n) is 7.31. The van der Waals surface area contributed by atoms with Gasteiger partial charge in [0.15, 0.2) is 0 Å². The second kappa shape index (κ2) is 6.31. The average molecular weight is 303 g/mol. The van der Waals surface area contributed by atoms with Crippen LogP contribution in [0.25, 0.3) is 0 Å². The summed E-state index contributed by atoms with van der Waals surface area (Å²) in [5.41, 5.74) is -0.707. The summed E-state index contributed by atoms with van der Waals surface area (Å²) < 4.78 is 5.27. The maximum Gasteiger partial charge on any atom is 0.325 e. The Morgan fingerprint density at radius 3 is 2.55 bits per heavy atom. The molecule has 1 heterocycles. The first kappa shape index (κ1) is 15.6. The number of urea groups is 1. The maximum atomic E-state index is 12.7. The molecule has 1 aliphatic carbocycles. The van der Waals surface area contributed by atoms with E-state index in [-0.39, 0.29) is 23.8 Å². The number of rotatable bonds is 5. The number of ether oxygens (including phenoxy) is 1. The molecule has 2 unspecified atom stereocenters. The van der Waals surface area contributed by atoms with Crippen molar-refractivity contribution in [1.82, 2.24) is 10.2 Å². The number of hydrogen-bond acceptors (Lipinski definition) is 3. The SMILES string of the molecule is CC1CCCC(C)C12NC(=O)N(CCOCCCl)C2=O. The van der Waals surface area contributed by atoms with Crippen LogP contribution >= 0.6 is 11.6 Å². The van der Waals surface area contributed by atoms with Gasteiger partial charge in [-0.3, -0.25) is 9.69 Å². The minimum Gasteiger partial charge on any atom is -0.378 e. The number of amides is 3. The van der Waals surface area contributed by atoms with Gasteiger partial charge in [0, 0.05) is 5.88 Å². The highest BCUT2D eigenvalue weighted by Crippen LogP contribution is 2.41. The maximum absolute atomic E-state index is 12.7. The molecule has 3 amide bonds. The molecule has 5 nitrogen and oxygen atoms in total. The highest BCUT2D eigenvalue weighted by Gasteiger charge is 2.58. The first-order chi connectivity index (χ1) is 9.54. The summed E-state index contributed by atoms with van der Waals surface area (Å²) in [7, 11) is 0. The monoisotopic (exact) mass is 302 g/mol. The standard InChI is InChI=1S/C14H23ClN2O3/c1-10-4-3-5-11(2)14(10)12(18)17(13(19)16-14)7-9-20-8-6-15/h10-11H,3-9H2,1-2H3,(H,16,19). The van der Waals surface area contributed by atoms with Crippen LogP contribution in [0.5, 0.6) is 0 Å². The molecule has 114 valence electrons. The van der Waals surface area contributed by atoms with Crippen molar-refractivity contribution in [1.29, 1.82) is 0 Å². The van der Waals surface area contributed by atoms with Gasteiger partial charge >= 0.3 is 6.03 Å². The molecular weight excluding hydrogens is 280 g/mol. The normalized spacial score (nSPS) is 33.9. The molecule has 0 aromatic rings. The Bertz CT molecular complexity index is 379. The summed E-state index contributed by atoms with van der Waals surface area (Å²) in [6, 6.07) is -0.287. The van der Waals surface area contributed by atoms with Crippen molar-refractivity contribution in [2.24, 2.45) is 11.8 Å². The van der Waals surface area contributed by atoms with Crippen LogP contribution in [0.2, 0.25) is 0 Å². The van der Waals surface area contributed by atoms with E-state index >= 15 is 0 Å². The third kappa shape index (κ3) is 2.53. The van der Waals surface area contributed by atoms with Crippen LogP contribution in [-0.2, 0) is 9.53 Å².